The first-order chi connectivity index (χ1) is 8.77. The molecule has 104 valence electrons. The quantitative estimate of drug-likeness (QED) is 0.693. The number of benzene rings is 1. The molecule has 0 saturated heterocycles. The van der Waals surface area contributed by atoms with Crippen molar-refractivity contribution in [2.45, 2.75) is 17.9 Å². The first-order valence-corrected chi connectivity index (χ1v) is 6.83. The van der Waals surface area contributed by atoms with Gasteiger partial charge in [0.25, 0.3) is 0 Å². The summed E-state index contributed by atoms with van der Waals surface area (Å²) < 4.78 is 26.0. The summed E-state index contributed by atoms with van der Waals surface area (Å²) in [4.78, 5) is 21.8. The number of nitrogens with one attached hydrogen (secondary N) is 2. The Labute approximate surface area is 110 Å². The predicted octanol–water partition coefficient (Wildman–Crippen LogP) is -0.202. The smallest absolute Gasteiger partial charge is 0.335 e. The summed E-state index contributed by atoms with van der Waals surface area (Å²) in [5.74, 6) is -1.61. The van der Waals surface area contributed by atoms with Gasteiger partial charge >= 0.3 is 5.97 Å². The molecule has 0 saturated carbocycles. The Morgan fingerprint density at radius 2 is 1.74 bits per heavy atom. The molecule has 0 aliphatic rings. The van der Waals surface area contributed by atoms with Crippen molar-refractivity contribution in [1.82, 2.24) is 10.0 Å². The molecule has 1 unspecified atom stereocenters. The first kappa shape index (κ1) is 15.1. The van der Waals surface area contributed by atoms with Crippen LogP contribution >= 0.6 is 0 Å². The number of likely N-dealkylation sites (N-methyl/N-ethyl adjacent to an activating group) is 1. The summed E-state index contributed by atoms with van der Waals surface area (Å²) in [6.07, 6.45) is 0. The van der Waals surface area contributed by atoms with E-state index in [4.69, 9.17) is 5.11 Å². The highest BCUT2D eigenvalue weighted by Crippen LogP contribution is 2.11. The van der Waals surface area contributed by atoms with E-state index < -0.39 is 27.9 Å². The molecule has 1 rings (SSSR count). The number of carboxylic acids is 1. The van der Waals surface area contributed by atoms with Gasteiger partial charge in [-0.1, -0.05) is 0 Å². The van der Waals surface area contributed by atoms with E-state index in [2.05, 4.69) is 10.0 Å². The predicted molar refractivity (Wildman–Crippen MR) is 67.3 cm³/mol. The molecule has 1 aromatic carbocycles. The van der Waals surface area contributed by atoms with Crippen LogP contribution in [0.4, 0.5) is 0 Å². The van der Waals surface area contributed by atoms with E-state index in [1.165, 1.54) is 38.2 Å². The lowest BCUT2D eigenvalue weighted by Gasteiger charge is -2.12. The maximum atomic E-state index is 11.9. The van der Waals surface area contributed by atoms with E-state index in [9.17, 15) is 18.0 Å². The summed E-state index contributed by atoms with van der Waals surface area (Å²) in [6.45, 7) is 1.40. The van der Waals surface area contributed by atoms with Crippen LogP contribution in [0.15, 0.2) is 29.2 Å². The van der Waals surface area contributed by atoms with Crippen LogP contribution in [0.5, 0.6) is 0 Å². The van der Waals surface area contributed by atoms with Crippen LogP contribution in [0.1, 0.15) is 17.3 Å². The van der Waals surface area contributed by atoms with Gasteiger partial charge in [-0.3, -0.25) is 4.79 Å². The highest BCUT2D eigenvalue weighted by Gasteiger charge is 2.21. The molecule has 0 radical (unpaired) electrons. The van der Waals surface area contributed by atoms with Crippen LogP contribution < -0.4 is 10.0 Å². The maximum absolute atomic E-state index is 11.9. The molecule has 0 aliphatic heterocycles. The van der Waals surface area contributed by atoms with E-state index in [1.54, 1.807) is 0 Å². The lowest BCUT2D eigenvalue weighted by Crippen LogP contribution is -2.43. The van der Waals surface area contributed by atoms with Crippen LogP contribution in [0.25, 0.3) is 0 Å². The van der Waals surface area contributed by atoms with Crippen molar-refractivity contribution in [3.63, 3.8) is 0 Å². The van der Waals surface area contributed by atoms with Gasteiger partial charge in [0.2, 0.25) is 15.9 Å². The minimum atomic E-state index is -3.86. The molecule has 1 atom stereocenters. The zero-order valence-electron chi connectivity index (χ0n) is 10.4. The van der Waals surface area contributed by atoms with Crippen LogP contribution in [-0.4, -0.2) is 38.5 Å². The Morgan fingerprint density at radius 1 is 1.21 bits per heavy atom. The van der Waals surface area contributed by atoms with Gasteiger partial charge in [0, 0.05) is 7.05 Å². The third kappa shape index (κ3) is 3.76. The molecule has 0 aliphatic carbocycles. The molecule has 0 fully saturated rings. The van der Waals surface area contributed by atoms with Crippen molar-refractivity contribution in [3.8, 4) is 0 Å². The molecular formula is C11H14N2O5S. The van der Waals surface area contributed by atoms with Gasteiger partial charge in [0.15, 0.2) is 0 Å². The van der Waals surface area contributed by atoms with E-state index in [0.29, 0.717) is 0 Å². The number of carbonyl (C=O) groups is 2. The van der Waals surface area contributed by atoms with Gasteiger partial charge in [0.05, 0.1) is 16.5 Å². The second-order valence-electron chi connectivity index (χ2n) is 3.79. The number of amides is 1. The summed E-state index contributed by atoms with van der Waals surface area (Å²) >= 11 is 0. The molecule has 0 spiro atoms. The fourth-order valence-electron chi connectivity index (χ4n) is 1.35. The Kier molecular flexibility index (Phi) is 4.62. The minimum Gasteiger partial charge on any atom is -0.478 e. The highest BCUT2D eigenvalue weighted by molar-refractivity contribution is 7.89. The first-order valence-electron chi connectivity index (χ1n) is 5.35. The Balaban J connectivity index is 2.94. The van der Waals surface area contributed by atoms with E-state index in [0.717, 1.165) is 0 Å². The zero-order chi connectivity index (χ0) is 14.6. The summed E-state index contributed by atoms with van der Waals surface area (Å²) in [7, 11) is -2.46. The molecule has 0 heterocycles. The monoisotopic (exact) mass is 286 g/mol. The van der Waals surface area contributed by atoms with Gasteiger partial charge in [-0.2, -0.15) is 4.72 Å². The largest absolute Gasteiger partial charge is 0.478 e. The summed E-state index contributed by atoms with van der Waals surface area (Å²) in [5, 5.41) is 11.0. The van der Waals surface area contributed by atoms with E-state index >= 15 is 0 Å². The third-order valence-electron chi connectivity index (χ3n) is 2.38. The number of hydrogen-bond donors (Lipinski definition) is 3. The molecule has 1 amide bonds. The third-order valence-corrected chi connectivity index (χ3v) is 3.94. The number of aromatic carboxylic acids is 1. The van der Waals surface area contributed by atoms with Crippen molar-refractivity contribution in [2.24, 2.45) is 0 Å². The number of carboxylic acid groups (broad SMARTS) is 1. The molecule has 0 aromatic heterocycles. The lowest BCUT2D eigenvalue weighted by molar-refractivity contribution is -0.121. The van der Waals surface area contributed by atoms with Crippen molar-refractivity contribution in [2.75, 3.05) is 7.05 Å². The molecular weight excluding hydrogens is 272 g/mol. The van der Waals surface area contributed by atoms with Crippen LogP contribution in [0.3, 0.4) is 0 Å². The SMILES string of the molecule is CNC(=O)C(C)NS(=O)(=O)c1ccc(C(=O)O)cc1. The zero-order valence-corrected chi connectivity index (χ0v) is 11.2. The van der Waals surface area contributed by atoms with Crippen molar-refractivity contribution >= 4 is 21.9 Å². The Morgan fingerprint density at radius 3 is 2.16 bits per heavy atom. The van der Waals surface area contributed by atoms with Crippen molar-refractivity contribution < 1.29 is 23.1 Å². The highest BCUT2D eigenvalue weighted by atomic mass is 32.2. The lowest BCUT2D eigenvalue weighted by atomic mass is 10.2. The fraction of sp³-hybridized carbons (Fsp3) is 0.273. The molecule has 8 heteroatoms. The van der Waals surface area contributed by atoms with E-state index in [1.807, 2.05) is 0 Å². The summed E-state index contributed by atoms with van der Waals surface area (Å²) in [6, 6.07) is 3.78. The number of carbonyl (C=O) groups excluding carboxylic acids is 1. The Hall–Kier alpha value is -1.93. The maximum Gasteiger partial charge on any atom is 0.335 e. The van der Waals surface area contributed by atoms with Gasteiger partial charge in [-0.15, -0.1) is 0 Å². The molecule has 1 aromatic rings. The van der Waals surface area contributed by atoms with Gasteiger partial charge in [0.1, 0.15) is 0 Å². The molecule has 19 heavy (non-hydrogen) atoms. The van der Waals surface area contributed by atoms with Crippen molar-refractivity contribution in [1.29, 1.82) is 0 Å². The van der Waals surface area contributed by atoms with Crippen LogP contribution in [0, 0.1) is 0 Å². The standard InChI is InChI=1S/C11H14N2O5S/c1-7(10(14)12-2)13-19(17,18)9-5-3-8(4-6-9)11(15)16/h3-7,13H,1-2H3,(H,12,14)(H,15,16). The normalized spacial score (nSPS) is 12.7. The topological polar surface area (TPSA) is 113 Å². The van der Waals surface area contributed by atoms with Gasteiger partial charge < -0.3 is 10.4 Å². The van der Waals surface area contributed by atoms with E-state index in [-0.39, 0.29) is 10.5 Å². The van der Waals surface area contributed by atoms with Gasteiger partial charge in [-0.05, 0) is 31.2 Å². The second-order valence-corrected chi connectivity index (χ2v) is 5.50. The number of rotatable bonds is 5. The second kappa shape index (κ2) is 5.81. The average Bonchev–Trinajstić information content (AvgIpc) is 2.37. The minimum absolute atomic E-state index is 0.0155. The molecule has 3 N–H and O–H groups in total. The Bertz CT molecular complexity index is 580. The van der Waals surface area contributed by atoms with Crippen LogP contribution in [0.2, 0.25) is 0 Å². The average molecular weight is 286 g/mol. The number of sulfonamides is 1. The summed E-state index contributed by atoms with van der Waals surface area (Å²) in [5.41, 5.74) is -0.0155. The van der Waals surface area contributed by atoms with Crippen LogP contribution in [-0.2, 0) is 14.8 Å². The fourth-order valence-corrected chi connectivity index (χ4v) is 2.55. The molecule has 0 bridgehead atoms. The number of hydrogen-bond acceptors (Lipinski definition) is 4. The van der Waals surface area contributed by atoms with Crippen molar-refractivity contribution in [3.05, 3.63) is 29.8 Å². The molecule has 7 nitrogen and oxygen atoms in total. The van der Waals surface area contributed by atoms with Gasteiger partial charge in [-0.25, -0.2) is 13.2 Å².